The second-order valence-electron chi connectivity index (χ2n) is 4.27. The molecule has 5 heteroatoms. The average molecular weight is 367 g/mol. The molecule has 104 valence electrons. The molecule has 0 aromatic heterocycles. The molecule has 0 saturated carbocycles. The summed E-state index contributed by atoms with van der Waals surface area (Å²) in [5.74, 6) is 0. The van der Waals surface area contributed by atoms with Crippen LogP contribution >= 0.6 is 39.9 Å². The van der Waals surface area contributed by atoms with Gasteiger partial charge in [-0.25, -0.2) is 0 Å². The Bertz CT molecular complexity index is 629. The number of halogens is 1. The van der Waals surface area contributed by atoms with Gasteiger partial charge in [-0.1, -0.05) is 22.0 Å². The van der Waals surface area contributed by atoms with Gasteiger partial charge < -0.3 is 10.6 Å². The van der Waals surface area contributed by atoms with Gasteiger partial charge in [0, 0.05) is 20.7 Å². The zero-order chi connectivity index (χ0) is 14.5. The van der Waals surface area contributed by atoms with E-state index in [1.807, 2.05) is 31.2 Å². The van der Waals surface area contributed by atoms with Crippen molar-refractivity contribution >= 4 is 56.4 Å². The van der Waals surface area contributed by atoms with Crippen LogP contribution in [0.4, 0.5) is 11.4 Å². The van der Waals surface area contributed by atoms with E-state index in [1.165, 1.54) is 4.90 Å². The van der Waals surface area contributed by atoms with Crippen molar-refractivity contribution in [3.63, 3.8) is 0 Å². The molecule has 0 radical (unpaired) electrons. The minimum absolute atomic E-state index is 0.591. The Kier molecular flexibility index (Phi) is 5.46. The van der Waals surface area contributed by atoms with Crippen LogP contribution in [0.2, 0.25) is 0 Å². The minimum atomic E-state index is 0.591. The van der Waals surface area contributed by atoms with E-state index >= 15 is 0 Å². The van der Waals surface area contributed by atoms with Crippen LogP contribution < -0.4 is 10.6 Å². The number of anilines is 2. The predicted octanol–water partition coefficient (Wildman–Crippen LogP) is 5.29. The van der Waals surface area contributed by atoms with Gasteiger partial charge >= 0.3 is 0 Å². The molecule has 0 heterocycles. The van der Waals surface area contributed by atoms with Gasteiger partial charge in [0.05, 0.1) is 0 Å². The predicted molar refractivity (Wildman–Crippen MR) is 96.9 cm³/mol. The summed E-state index contributed by atoms with van der Waals surface area (Å²) < 4.78 is 1.06. The third kappa shape index (κ3) is 4.23. The molecular formula is C15H15BrN2S2. The van der Waals surface area contributed by atoms with Gasteiger partial charge in [-0.05, 0) is 67.4 Å². The number of thioether (sulfide) groups is 1. The number of hydrogen-bond acceptors (Lipinski definition) is 2. The number of aryl methyl sites for hydroxylation is 1. The number of nitrogens with one attached hydrogen (secondary N) is 2. The first-order chi connectivity index (χ1) is 9.58. The lowest BCUT2D eigenvalue weighted by molar-refractivity contribution is 1.43. The van der Waals surface area contributed by atoms with Crippen LogP contribution in [0, 0.1) is 6.92 Å². The van der Waals surface area contributed by atoms with Gasteiger partial charge in [0.1, 0.15) is 0 Å². The molecule has 2 aromatic carbocycles. The Hall–Kier alpha value is -1.04. The lowest BCUT2D eigenvalue weighted by Gasteiger charge is -2.13. The molecule has 0 saturated heterocycles. The van der Waals surface area contributed by atoms with Crippen LogP contribution in [0.1, 0.15) is 5.56 Å². The standard InChI is InChI=1S/C15H15BrN2S2/c1-10-8-11(16)6-7-14(10)18-15(19)17-12-4-3-5-13(9-12)20-2/h3-9H,1-2H3,(H2,17,18,19). The van der Waals surface area contributed by atoms with Crippen LogP contribution in [0.5, 0.6) is 0 Å². The van der Waals surface area contributed by atoms with Gasteiger partial charge in [-0.15, -0.1) is 11.8 Å². The van der Waals surface area contributed by atoms with E-state index < -0.39 is 0 Å². The fraction of sp³-hybridized carbons (Fsp3) is 0.133. The monoisotopic (exact) mass is 366 g/mol. The molecular weight excluding hydrogens is 352 g/mol. The van der Waals surface area contributed by atoms with Crippen molar-refractivity contribution in [2.24, 2.45) is 0 Å². The summed E-state index contributed by atoms with van der Waals surface area (Å²) in [7, 11) is 0. The van der Waals surface area contributed by atoms with E-state index in [-0.39, 0.29) is 0 Å². The Morgan fingerprint density at radius 1 is 1.15 bits per heavy atom. The van der Waals surface area contributed by atoms with Crippen LogP contribution in [-0.2, 0) is 0 Å². The molecule has 0 fully saturated rings. The zero-order valence-electron chi connectivity index (χ0n) is 11.2. The second-order valence-corrected chi connectivity index (χ2v) is 6.47. The summed E-state index contributed by atoms with van der Waals surface area (Å²) >= 11 is 10.5. The zero-order valence-corrected chi connectivity index (χ0v) is 14.5. The molecule has 2 nitrogen and oxygen atoms in total. The first-order valence-electron chi connectivity index (χ1n) is 6.06. The molecule has 2 N–H and O–H groups in total. The van der Waals surface area contributed by atoms with Crippen molar-refractivity contribution in [1.29, 1.82) is 0 Å². The van der Waals surface area contributed by atoms with Crippen LogP contribution in [0.15, 0.2) is 51.8 Å². The highest BCUT2D eigenvalue weighted by molar-refractivity contribution is 9.10. The van der Waals surface area contributed by atoms with Crippen molar-refractivity contribution in [1.82, 2.24) is 0 Å². The van der Waals surface area contributed by atoms with Crippen molar-refractivity contribution in [3.05, 3.63) is 52.5 Å². The molecule has 0 amide bonds. The van der Waals surface area contributed by atoms with Gasteiger partial charge in [0.2, 0.25) is 0 Å². The minimum Gasteiger partial charge on any atom is -0.332 e. The van der Waals surface area contributed by atoms with Crippen molar-refractivity contribution in [3.8, 4) is 0 Å². The molecule has 0 spiro atoms. The Labute approximate surface area is 137 Å². The molecule has 2 rings (SSSR count). The van der Waals surface area contributed by atoms with E-state index in [0.717, 1.165) is 21.4 Å². The third-order valence-electron chi connectivity index (χ3n) is 2.76. The van der Waals surface area contributed by atoms with E-state index in [1.54, 1.807) is 11.8 Å². The SMILES string of the molecule is CSc1cccc(NC(=S)Nc2ccc(Br)cc2C)c1. The third-order valence-corrected chi connectivity index (χ3v) is 4.19. The van der Waals surface area contributed by atoms with Crippen molar-refractivity contribution in [2.75, 3.05) is 16.9 Å². The second kappa shape index (κ2) is 7.11. The summed E-state index contributed by atoms with van der Waals surface area (Å²) in [5, 5.41) is 7.01. The molecule has 0 atom stereocenters. The largest absolute Gasteiger partial charge is 0.332 e. The molecule has 0 aliphatic carbocycles. The smallest absolute Gasteiger partial charge is 0.175 e. The molecule has 0 aliphatic heterocycles. The lowest BCUT2D eigenvalue weighted by atomic mass is 10.2. The van der Waals surface area contributed by atoms with Gasteiger partial charge in [-0.3, -0.25) is 0 Å². The quantitative estimate of drug-likeness (QED) is 0.569. The van der Waals surface area contributed by atoms with Gasteiger partial charge in [-0.2, -0.15) is 0 Å². The maximum atomic E-state index is 5.35. The summed E-state index contributed by atoms with van der Waals surface area (Å²) in [4.78, 5) is 1.21. The molecule has 0 bridgehead atoms. The van der Waals surface area contributed by atoms with Crippen LogP contribution in [-0.4, -0.2) is 11.4 Å². The fourth-order valence-corrected chi connectivity index (χ4v) is 2.92. The topological polar surface area (TPSA) is 24.1 Å². The van der Waals surface area contributed by atoms with Crippen LogP contribution in [0.25, 0.3) is 0 Å². The summed E-state index contributed by atoms with van der Waals surface area (Å²) in [5.41, 5.74) is 3.14. The lowest BCUT2D eigenvalue weighted by Crippen LogP contribution is -2.19. The summed E-state index contributed by atoms with van der Waals surface area (Å²) in [6, 6.07) is 14.2. The normalized spacial score (nSPS) is 10.2. The number of hydrogen-bond donors (Lipinski definition) is 2. The number of benzene rings is 2. The van der Waals surface area contributed by atoms with E-state index in [0.29, 0.717) is 5.11 Å². The van der Waals surface area contributed by atoms with Crippen molar-refractivity contribution < 1.29 is 0 Å². The van der Waals surface area contributed by atoms with Crippen molar-refractivity contribution in [2.45, 2.75) is 11.8 Å². The number of thiocarbonyl (C=S) groups is 1. The summed E-state index contributed by atoms with van der Waals surface area (Å²) in [6.45, 7) is 2.05. The van der Waals surface area contributed by atoms with Crippen LogP contribution in [0.3, 0.4) is 0 Å². The molecule has 2 aromatic rings. The first-order valence-corrected chi connectivity index (χ1v) is 8.49. The van der Waals surface area contributed by atoms with E-state index in [4.69, 9.17) is 12.2 Å². The first kappa shape index (κ1) is 15.4. The van der Waals surface area contributed by atoms with E-state index in [9.17, 15) is 0 Å². The highest BCUT2D eigenvalue weighted by Gasteiger charge is 2.03. The number of rotatable bonds is 3. The fourth-order valence-electron chi connectivity index (χ4n) is 1.75. The molecule has 0 aliphatic rings. The highest BCUT2D eigenvalue weighted by Crippen LogP contribution is 2.21. The maximum Gasteiger partial charge on any atom is 0.175 e. The van der Waals surface area contributed by atoms with E-state index in [2.05, 4.69) is 51.0 Å². The van der Waals surface area contributed by atoms with Gasteiger partial charge in [0.25, 0.3) is 0 Å². The maximum absolute atomic E-state index is 5.35. The highest BCUT2D eigenvalue weighted by atomic mass is 79.9. The summed E-state index contributed by atoms with van der Waals surface area (Å²) in [6.07, 6.45) is 2.06. The Balaban J connectivity index is 2.05. The Morgan fingerprint density at radius 3 is 2.65 bits per heavy atom. The molecule has 0 unspecified atom stereocenters. The Morgan fingerprint density at radius 2 is 1.95 bits per heavy atom. The molecule has 20 heavy (non-hydrogen) atoms. The van der Waals surface area contributed by atoms with Gasteiger partial charge in [0.15, 0.2) is 5.11 Å². The average Bonchev–Trinajstić information content (AvgIpc) is 2.42.